The van der Waals surface area contributed by atoms with Gasteiger partial charge in [-0.3, -0.25) is 14.4 Å². The van der Waals surface area contributed by atoms with Gasteiger partial charge in [-0.2, -0.15) is 0 Å². The number of benzene rings is 3. The first-order valence-corrected chi connectivity index (χ1v) is 11.5. The molecule has 0 saturated carbocycles. The normalized spacial score (nSPS) is 16.8. The number of imide groups is 1. The number of carbonyl (C=O) groups excluding carboxylic acids is 4. The number of ketones is 1. The van der Waals surface area contributed by atoms with Gasteiger partial charge in [0.05, 0.1) is 22.4 Å². The number of hydrogen-bond donors (Lipinski definition) is 0. The molecule has 2 aliphatic rings. The SMILES string of the molecule is CN1C(=CC(=O)COC(=O)c2cccc(N3C(=O)c4ccccc4C3=O)c2)C(C)(C)c2ccccc21. The van der Waals surface area contributed by atoms with E-state index in [9.17, 15) is 19.2 Å². The molecule has 0 aromatic heterocycles. The van der Waals surface area contributed by atoms with Gasteiger partial charge >= 0.3 is 5.97 Å². The summed E-state index contributed by atoms with van der Waals surface area (Å²) in [5.41, 5.74) is 3.62. The van der Waals surface area contributed by atoms with E-state index in [1.165, 1.54) is 18.2 Å². The summed E-state index contributed by atoms with van der Waals surface area (Å²) in [6.45, 7) is 3.66. The predicted octanol–water partition coefficient (Wildman–Crippen LogP) is 4.52. The van der Waals surface area contributed by atoms with Gasteiger partial charge in [0.1, 0.15) is 0 Å². The number of carbonyl (C=O) groups is 4. The highest BCUT2D eigenvalue weighted by molar-refractivity contribution is 6.34. The molecule has 2 heterocycles. The van der Waals surface area contributed by atoms with Crippen molar-refractivity contribution >= 4 is 34.9 Å². The Morgan fingerprint density at radius 3 is 2.19 bits per heavy atom. The molecule has 3 aromatic rings. The van der Waals surface area contributed by atoms with Gasteiger partial charge < -0.3 is 9.64 Å². The second-order valence-electron chi connectivity index (χ2n) is 9.31. The number of ether oxygens (including phenoxy) is 1. The van der Waals surface area contributed by atoms with Crippen LogP contribution in [-0.4, -0.2) is 37.2 Å². The highest BCUT2D eigenvalue weighted by Gasteiger charge is 2.39. The largest absolute Gasteiger partial charge is 0.454 e. The number of fused-ring (bicyclic) bond motifs is 2. The summed E-state index contributed by atoms with van der Waals surface area (Å²) in [6, 6.07) is 20.6. The van der Waals surface area contributed by atoms with E-state index in [1.54, 1.807) is 36.4 Å². The molecular weight excluding hydrogens is 456 g/mol. The lowest BCUT2D eigenvalue weighted by Gasteiger charge is -2.23. The van der Waals surface area contributed by atoms with E-state index in [4.69, 9.17) is 4.74 Å². The van der Waals surface area contributed by atoms with Crippen LogP contribution < -0.4 is 9.80 Å². The molecule has 0 fully saturated rings. The van der Waals surface area contributed by atoms with Gasteiger partial charge in [0.25, 0.3) is 11.8 Å². The van der Waals surface area contributed by atoms with Crippen molar-refractivity contribution in [1.82, 2.24) is 0 Å². The van der Waals surface area contributed by atoms with Crippen molar-refractivity contribution in [2.24, 2.45) is 0 Å². The summed E-state index contributed by atoms with van der Waals surface area (Å²) in [6.07, 6.45) is 1.52. The van der Waals surface area contributed by atoms with Crippen LogP contribution in [0.15, 0.2) is 84.6 Å². The maximum atomic E-state index is 12.8. The van der Waals surface area contributed by atoms with Gasteiger partial charge in [0.15, 0.2) is 12.4 Å². The van der Waals surface area contributed by atoms with Crippen molar-refractivity contribution in [2.75, 3.05) is 23.5 Å². The van der Waals surface area contributed by atoms with Crippen LogP contribution in [0.5, 0.6) is 0 Å². The molecule has 7 heteroatoms. The number of likely N-dealkylation sites (N-methyl/N-ethyl adjacent to an activating group) is 1. The number of amides is 2. The number of rotatable bonds is 5. The van der Waals surface area contributed by atoms with Gasteiger partial charge in [-0.15, -0.1) is 0 Å². The molecule has 3 aromatic carbocycles. The monoisotopic (exact) mass is 480 g/mol. The summed E-state index contributed by atoms with van der Waals surface area (Å²) in [5, 5.41) is 0. The van der Waals surface area contributed by atoms with Crippen molar-refractivity contribution < 1.29 is 23.9 Å². The molecule has 5 rings (SSSR count). The first-order chi connectivity index (χ1) is 17.2. The Bertz CT molecular complexity index is 1430. The first-order valence-electron chi connectivity index (χ1n) is 11.5. The fourth-order valence-electron chi connectivity index (χ4n) is 4.87. The number of allylic oxidation sites excluding steroid dienone is 1. The lowest BCUT2D eigenvalue weighted by Crippen LogP contribution is -2.29. The molecule has 7 nitrogen and oxygen atoms in total. The zero-order valence-corrected chi connectivity index (χ0v) is 20.1. The maximum absolute atomic E-state index is 12.8. The molecule has 180 valence electrons. The van der Waals surface area contributed by atoms with Crippen molar-refractivity contribution in [2.45, 2.75) is 19.3 Å². The molecule has 0 radical (unpaired) electrons. The Balaban J connectivity index is 1.29. The Labute approximate surface area is 208 Å². The van der Waals surface area contributed by atoms with Crippen LogP contribution in [0.1, 0.15) is 50.5 Å². The molecule has 0 saturated heterocycles. The summed E-state index contributed by atoms with van der Waals surface area (Å²) >= 11 is 0. The molecule has 36 heavy (non-hydrogen) atoms. The minimum atomic E-state index is -0.720. The third-order valence-corrected chi connectivity index (χ3v) is 6.72. The zero-order chi connectivity index (χ0) is 25.6. The number of esters is 1. The minimum absolute atomic E-state index is 0.134. The van der Waals surface area contributed by atoms with Gasteiger partial charge in [0.2, 0.25) is 0 Å². The van der Waals surface area contributed by atoms with Crippen LogP contribution in [0.4, 0.5) is 11.4 Å². The summed E-state index contributed by atoms with van der Waals surface area (Å²) < 4.78 is 5.27. The van der Waals surface area contributed by atoms with Gasteiger partial charge in [-0.05, 0) is 42.0 Å². The predicted molar refractivity (Wildman–Crippen MR) is 135 cm³/mol. The fourth-order valence-corrected chi connectivity index (χ4v) is 4.87. The number of para-hydroxylation sites is 1. The molecule has 0 aliphatic carbocycles. The lowest BCUT2D eigenvalue weighted by atomic mass is 9.83. The van der Waals surface area contributed by atoms with E-state index in [0.717, 1.165) is 21.8 Å². The van der Waals surface area contributed by atoms with E-state index in [-0.39, 0.29) is 22.4 Å². The number of nitrogens with zero attached hydrogens (tertiary/aromatic N) is 2. The maximum Gasteiger partial charge on any atom is 0.338 e. The minimum Gasteiger partial charge on any atom is -0.454 e. The van der Waals surface area contributed by atoms with Crippen LogP contribution in [0.2, 0.25) is 0 Å². The second kappa shape index (κ2) is 8.61. The summed E-state index contributed by atoms with van der Waals surface area (Å²) in [4.78, 5) is 54.0. The first kappa shape index (κ1) is 23.2. The summed E-state index contributed by atoms with van der Waals surface area (Å²) in [7, 11) is 1.91. The Morgan fingerprint density at radius 1 is 0.889 bits per heavy atom. The van der Waals surface area contributed by atoms with Crippen molar-refractivity contribution in [3.05, 3.63) is 107 Å². The molecule has 2 amide bonds. The van der Waals surface area contributed by atoms with E-state index in [0.29, 0.717) is 11.1 Å². The van der Waals surface area contributed by atoms with Crippen LogP contribution in [0.25, 0.3) is 0 Å². The average molecular weight is 481 g/mol. The van der Waals surface area contributed by atoms with Gasteiger partial charge in [-0.1, -0.05) is 50.2 Å². The fraction of sp³-hybridized carbons (Fsp3) is 0.172. The van der Waals surface area contributed by atoms with Crippen LogP contribution in [-0.2, 0) is 14.9 Å². The Hall–Kier alpha value is -4.52. The third-order valence-electron chi connectivity index (χ3n) is 6.72. The van der Waals surface area contributed by atoms with Crippen LogP contribution >= 0.6 is 0 Å². The van der Waals surface area contributed by atoms with E-state index < -0.39 is 24.4 Å². The average Bonchev–Trinajstić information content (AvgIpc) is 3.25. The highest BCUT2D eigenvalue weighted by Crippen LogP contribution is 2.46. The number of anilines is 2. The van der Waals surface area contributed by atoms with Crippen LogP contribution in [0.3, 0.4) is 0 Å². The molecule has 0 bridgehead atoms. The quantitative estimate of drug-likeness (QED) is 0.303. The molecule has 0 atom stereocenters. The molecular formula is C29H24N2O5. The van der Waals surface area contributed by atoms with E-state index in [1.807, 2.05) is 50.1 Å². The van der Waals surface area contributed by atoms with Crippen LogP contribution in [0, 0.1) is 0 Å². The van der Waals surface area contributed by atoms with Crippen molar-refractivity contribution in [3.8, 4) is 0 Å². The van der Waals surface area contributed by atoms with E-state index >= 15 is 0 Å². The molecule has 0 spiro atoms. The van der Waals surface area contributed by atoms with Crippen molar-refractivity contribution in [1.29, 1.82) is 0 Å². The Morgan fingerprint density at radius 2 is 1.53 bits per heavy atom. The highest BCUT2D eigenvalue weighted by atomic mass is 16.5. The number of hydrogen-bond acceptors (Lipinski definition) is 6. The van der Waals surface area contributed by atoms with Gasteiger partial charge in [0, 0.05) is 29.9 Å². The zero-order valence-electron chi connectivity index (χ0n) is 20.1. The van der Waals surface area contributed by atoms with E-state index in [2.05, 4.69) is 0 Å². The topological polar surface area (TPSA) is 84.0 Å². The smallest absolute Gasteiger partial charge is 0.338 e. The third kappa shape index (κ3) is 3.69. The molecule has 0 N–H and O–H groups in total. The molecule has 2 aliphatic heterocycles. The molecule has 0 unspecified atom stereocenters. The summed E-state index contributed by atoms with van der Waals surface area (Å²) in [5.74, 6) is -1.97. The standard InChI is InChI=1S/C29H24N2O5/c1-29(2)23-13-6-7-14-24(23)30(3)25(29)16-20(32)17-36-28(35)18-9-8-10-19(15-18)31-26(33)21-11-4-5-12-22(21)27(31)34/h4-16H,17H2,1-3H3. The van der Waals surface area contributed by atoms with Gasteiger partial charge in [-0.25, -0.2) is 9.69 Å². The van der Waals surface area contributed by atoms with Crippen molar-refractivity contribution in [3.63, 3.8) is 0 Å². The Kier molecular flexibility index (Phi) is 5.55. The lowest BCUT2D eigenvalue weighted by molar-refractivity contribution is -0.117. The second-order valence-corrected chi connectivity index (χ2v) is 9.31.